The van der Waals surface area contributed by atoms with Crippen LogP contribution in [0.15, 0.2) is 24.3 Å². The van der Waals surface area contributed by atoms with Crippen LogP contribution < -0.4 is 5.32 Å². The fraction of sp³-hybridized carbons (Fsp3) is 0.680. The van der Waals surface area contributed by atoms with Crippen LogP contribution in [0.2, 0.25) is 0 Å². The highest BCUT2D eigenvalue weighted by Gasteiger charge is 2.30. The summed E-state index contributed by atoms with van der Waals surface area (Å²) in [6.07, 6.45) is 4.80. The molecule has 1 atom stereocenters. The summed E-state index contributed by atoms with van der Waals surface area (Å²) in [6, 6.07) is 9.28. The molecule has 2 heterocycles. The average molecular weight is 429 g/mol. The molecule has 0 unspecified atom stereocenters. The van der Waals surface area contributed by atoms with E-state index in [4.69, 9.17) is 0 Å². The zero-order valence-electron chi connectivity index (χ0n) is 19.8. The number of piperidine rings is 2. The average Bonchev–Trinajstić information content (AvgIpc) is 2.74. The van der Waals surface area contributed by atoms with Crippen LogP contribution in [-0.2, 0) is 17.8 Å². The van der Waals surface area contributed by atoms with Crippen molar-refractivity contribution in [3.8, 4) is 0 Å². The molecule has 2 fully saturated rings. The summed E-state index contributed by atoms with van der Waals surface area (Å²) >= 11 is 0. The van der Waals surface area contributed by atoms with Crippen LogP contribution in [0.25, 0.3) is 0 Å². The van der Waals surface area contributed by atoms with E-state index >= 15 is 0 Å². The molecular weight excluding hydrogens is 388 g/mol. The fourth-order valence-electron chi connectivity index (χ4n) is 4.76. The Balaban J connectivity index is 1.44. The van der Waals surface area contributed by atoms with Crippen LogP contribution in [0.1, 0.15) is 50.7 Å². The first-order valence-electron chi connectivity index (χ1n) is 11.9. The molecule has 0 radical (unpaired) electrons. The molecule has 172 valence electrons. The maximum absolute atomic E-state index is 12.8. The van der Waals surface area contributed by atoms with Crippen molar-refractivity contribution in [2.24, 2.45) is 11.8 Å². The van der Waals surface area contributed by atoms with E-state index in [0.29, 0.717) is 19.0 Å². The minimum absolute atomic E-state index is 0.0232. The third-order valence-corrected chi connectivity index (χ3v) is 6.44. The summed E-state index contributed by atoms with van der Waals surface area (Å²) in [7, 11) is 3.55. The Morgan fingerprint density at radius 2 is 1.68 bits per heavy atom. The fourth-order valence-corrected chi connectivity index (χ4v) is 4.76. The molecule has 2 aliphatic rings. The summed E-state index contributed by atoms with van der Waals surface area (Å²) in [5.41, 5.74) is 2.75. The molecule has 0 aromatic heterocycles. The van der Waals surface area contributed by atoms with E-state index in [1.165, 1.54) is 11.1 Å². The standard InChI is InChI=1S/C25H40N4O2/c1-19(2)16-20-7-9-21(10-8-20)17-28-13-5-6-23(18-28)26-24(30)22-11-14-29(15-12-22)25(31)27(3)4/h7-10,19,22-23H,5-6,11-18H2,1-4H3,(H,26,30)/t23-/m1/s1. The molecule has 6 nitrogen and oxygen atoms in total. The quantitative estimate of drug-likeness (QED) is 0.756. The first-order valence-corrected chi connectivity index (χ1v) is 11.9. The molecule has 2 aliphatic heterocycles. The van der Waals surface area contributed by atoms with Crippen molar-refractivity contribution in [1.29, 1.82) is 0 Å². The maximum Gasteiger partial charge on any atom is 0.319 e. The number of benzene rings is 1. The van der Waals surface area contributed by atoms with E-state index in [2.05, 4.69) is 48.3 Å². The number of urea groups is 1. The molecule has 2 saturated heterocycles. The Labute approximate surface area is 188 Å². The number of nitrogens with one attached hydrogen (secondary N) is 1. The van der Waals surface area contributed by atoms with Gasteiger partial charge in [0.15, 0.2) is 0 Å². The van der Waals surface area contributed by atoms with E-state index in [9.17, 15) is 9.59 Å². The van der Waals surface area contributed by atoms with Gasteiger partial charge in [-0.15, -0.1) is 0 Å². The second kappa shape index (κ2) is 11.0. The molecule has 6 heteroatoms. The van der Waals surface area contributed by atoms with Crippen molar-refractivity contribution >= 4 is 11.9 Å². The highest BCUT2D eigenvalue weighted by atomic mass is 16.2. The Kier molecular flexibility index (Phi) is 8.35. The molecule has 0 aliphatic carbocycles. The Morgan fingerprint density at radius 1 is 1.03 bits per heavy atom. The number of hydrogen-bond donors (Lipinski definition) is 1. The van der Waals surface area contributed by atoms with E-state index in [-0.39, 0.29) is 23.9 Å². The Bertz CT molecular complexity index is 724. The highest BCUT2D eigenvalue weighted by molar-refractivity contribution is 5.80. The van der Waals surface area contributed by atoms with Crippen LogP contribution in [-0.4, -0.2) is 73.0 Å². The van der Waals surface area contributed by atoms with Crippen LogP contribution in [0.3, 0.4) is 0 Å². The number of hydrogen-bond acceptors (Lipinski definition) is 3. The number of carbonyl (C=O) groups excluding carboxylic acids is 2. The molecule has 0 saturated carbocycles. The largest absolute Gasteiger partial charge is 0.352 e. The normalized spacial score (nSPS) is 20.7. The van der Waals surface area contributed by atoms with Gasteiger partial charge in [0.1, 0.15) is 0 Å². The van der Waals surface area contributed by atoms with Gasteiger partial charge in [-0.2, -0.15) is 0 Å². The number of likely N-dealkylation sites (tertiary alicyclic amines) is 2. The van der Waals surface area contributed by atoms with E-state index < -0.39 is 0 Å². The van der Waals surface area contributed by atoms with Gasteiger partial charge in [0.25, 0.3) is 0 Å². The zero-order chi connectivity index (χ0) is 22.4. The van der Waals surface area contributed by atoms with Crippen molar-refractivity contribution in [2.45, 2.75) is 58.5 Å². The molecule has 1 N–H and O–H groups in total. The summed E-state index contributed by atoms with van der Waals surface area (Å²) in [5.74, 6) is 0.870. The SMILES string of the molecule is CC(C)Cc1ccc(CN2CCC[C@@H](NC(=O)C3CCN(C(=O)N(C)C)CC3)C2)cc1. The van der Waals surface area contributed by atoms with Gasteiger partial charge < -0.3 is 15.1 Å². The highest BCUT2D eigenvalue weighted by Crippen LogP contribution is 2.20. The number of amides is 3. The molecule has 1 aromatic rings. The molecular formula is C25H40N4O2. The topological polar surface area (TPSA) is 55.9 Å². The first kappa shape index (κ1) is 23.6. The molecule has 3 amide bonds. The van der Waals surface area contributed by atoms with Crippen molar-refractivity contribution in [3.63, 3.8) is 0 Å². The molecule has 0 bridgehead atoms. The van der Waals surface area contributed by atoms with E-state index in [1.807, 2.05) is 4.90 Å². The van der Waals surface area contributed by atoms with Crippen LogP contribution in [0.5, 0.6) is 0 Å². The minimum atomic E-state index is 0.0232. The Hall–Kier alpha value is -2.08. The third-order valence-electron chi connectivity index (χ3n) is 6.44. The summed E-state index contributed by atoms with van der Waals surface area (Å²) in [4.78, 5) is 30.8. The van der Waals surface area contributed by atoms with E-state index in [1.54, 1.807) is 19.0 Å². The predicted molar refractivity (Wildman–Crippen MR) is 125 cm³/mol. The first-order chi connectivity index (χ1) is 14.8. The number of rotatable bonds is 6. The zero-order valence-corrected chi connectivity index (χ0v) is 19.8. The van der Waals surface area contributed by atoms with Gasteiger partial charge in [-0.05, 0) is 55.7 Å². The van der Waals surface area contributed by atoms with E-state index in [0.717, 1.165) is 51.7 Å². The summed E-state index contributed by atoms with van der Waals surface area (Å²) in [5, 5.41) is 3.31. The lowest BCUT2D eigenvalue weighted by Gasteiger charge is -2.36. The maximum atomic E-state index is 12.8. The lowest BCUT2D eigenvalue weighted by Crippen LogP contribution is -2.51. The third kappa shape index (κ3) is 6.96. The van der Waals surface area contributed by atoms with Gasteiger partial charge in [0, 0.05) is 52.2 Å². The van der Waals surface area contributed by atoms with Crippen molar-refractivity contribution in [2.75, 3.05) is 40.3 Å². The van der Waals surface area contributed by atoms with Gasteiger partial charge in [0.2, 0.25) is 5.91 Å². The monoisotopic (exact) mass is 428 g/mol. The van der Waals surface area contributed by atoms with Crippen LogP contribution in [0.4, 0.5) is 4.79 Å². The van der Waals surface area contributed by atoms with Crippen LogP contribution in [0, 0.1) is 11.8 Å². The Morgan fingerprint density at radius 3 is 2.29 bits per heavy atom. The second-order valence-electron chi connectivity index (χ2n) is 9.94. The van der Waals surface area contributed by atoms with Crippen molar-refractivity contribution in [3.05, 3.63) is 35.4 Å². The lowest BCUT2D eigenvalue weighted by molar-refractivity contribution is -0.127. The van der Waals surface area contributed by atoms with Gasteiger partial charge in [-0.1, -0.05) is 38.1 Å². The van der Waals surface area contributed by atoms with Gasteiger partial charge in [-0.3, -0.25) is 9.69 Å². The molecule has 1 aromatic carbocycles. The number of nitrogens with zero attached hydrogens (tertiary/aromatic N) is 3. The molecule has 0 spiro atoms. The molecule has 31 heavy (non-hydrogen) atoms. The minimum Gasteiger partial charge on any atom is -0.352 e. The molecule has 3 rings (SSSR count). The van der Waals surface area contributed by atoms with Gasteiger partial charge in [-0.25, -0.2) is 4.79 Å². The summed E-state index contributed by atoms with van der Waals surface area (Å²) in [6.45, 7) is 8.78. The predicted octanol–water partition coefficient (Wildman–Crippen LogP) is 3.36. The van der Waals surface area contributed by atoms with Gasteiger partial charge in [0.05, 0.1) is 0 Å². The number of carbonyl (C=O) groups is 2. The smallest absolute Gasteiger partial charge is 0.319 e. The lowest BCUT2D eigenvalue weighted by atomic mass is 9.95. The van der Waals surface area contributed by atoms with Crippen LogP contribution >= 0.6 is 0 Å². The van der Waals surface area contributed by atoms with Gasteiger partial charge >= 0.3 is 6.03 Å². The van der Waals surface area contributed by atoms with Crippen molar-refractivity contribution < 1.29 is 9.59 Å². The summed E-state index contributed by atoms with van der Waals surface area (Å²) < 4.78 is 0. The second-order valence-corrected chi connectivity index (χ2v) is 9.94. The van der Waals surface area contributed by atoms with Crippen molar-refractivity contribution in [1.82, 2.24) is 20.0 Å².